The molecule has 3 heterocycles. The summed E-state index contributed by atoms with van der Waals surface area (Å²) in [5, 5.41) is 3.55. The van der Waals surface area contributed by atoms with Crippen molar-refractivity contribution in [1.82, 2.24) is 9.88 Å². The van der Waals surface area contributed by atoms with E-state index >= 15 is 0 Å². The van der Waals surface area contributed by atoms with Crippen LogP contribution >= 0.6 is 0 Å². The molecule has 2 fully saturated rings. The monoisotopic (exact) mass is 232 g/mol. The zero-order valence-electron chi connectivity index (χ0n) is 10.1. The summed E-state index contributed by atoms with van der Waals surface area (Å²) >= 11 is 0. The Labute approximate surface area is 102 Å². The van der Waals surface area contributed by atoms with Gasteiger partial charge in [0.25, 0.3) is 0 Å². The molecule has 2 saturated heterocycles. The molecule has 0 saturated carbocycles. The summed E-state index contributed by atoms with van der Waals surface area (Å²) in [6.07, 6.45) is 5.27. The smallest absolute Gasteiger partial charge is 0.128 e. The van der Waals surface area contributed by atoms with Gasteiger partial charge in [-0.15, -0.1) is 0 Å². The molecule has 2 unspecified atom stereocenters. The quantitative estimate of drug-likeness (QED) is 0.815. The molecule has 0 aromatic carbocycles. The fourth-order valence-electron chi connectivity index (χ4n) is 3.14. The highest BCUT2D eigenvalue weighted by atomic mass is 15.2. The van der Waals surface area contributed by atoms with Crippen LogP contribution in [0, 0.1) is 0 Å². The van der Waals surface area contributed by atoms with Gasteiger partial charge < -0.3 is 11.1 Å². The number of nitrogens with zero attached hydrogens (tertiary/aromatic N) is 2. The van der Waals surface area contributed by atoms with E-state index in [1.54, 1.807) is 0 Å². The minimum Gasteiger partial charge on any atom is -0.384 e. The molecular formula is C13H20N4. The van der Waals surface area contributed by atoms with Crippen molar-refractivity contribution in [3.05, 3.63) is 18.2 Å². The van der Waals surface area contributed by atoms with Gasteiger partial charge in [0.05, 0.1) is 0 Å². The maximum Gasteiger partial charge on any atom is 0.128 e. The zero-order valence-corrected chi connectivity index (χ0v) is 10.1. The van der Waals surface area contributed by atoms with Gasteiger partial charge >= 0.3 is 0 Å². The van der Waals surface area contributed by atoms with E-state index in [1.165, 1.54) is 38.8 Å². The summed E-state index contributed by atoms with van der Waals surface area (Å²) in [6.45, 7) is 2.50. The van der Waals surface area contributed by atoms with Crippen molar-refractivity contribution in [3.8, 4) is 0 Å². The lowest BCUT2D eigenvalue weighted by Crippen LogP contribution is -2.41. The lowest BCUT2D eigenvalue weighted by Gasteiger charge is -2.32. The van der Waals surface area contributed by atoms with Crippen LogP contribution in [-0.4, -0.2) is 35.1 Å². The Hall–Kier alpha value is -1.29. The van der Waals surface area contributed by atoms with Gasteiger partial charge in [0, 0.05) is 18.6 Å². The molecule has 2 aliphatic heterocycles. The number of nitrogens with two attached hydrogens (primary N) is 1. The third kappa shape index (κ3) is 2.22. The van der Waals surface area contributed by atoms with Crippen LogP contribution in [0.15, 0.2) is 18.2 Å². The zero-order chi connectivity index (χ0) is 11.7. The van der Waals surface area contributed by atoms with Gasteiger partial charge in [-0.1, -0.05) is 12.5 Å². The highest BCUT2D eigenvalue weighted by Crippen LogP contribution is 2.28. The molecule has 0 bridgehead atoms. The molecule has 17 heavy (non-hydrogen) atoms. The fourth-order valence-corrected chi connectivity index (χ4v) is 3.14. The second-order valence-electron chi connectivity index (χ2n) is 5.09. The van der Waals surface area contributed by atoms with Crippen LogP contribution in [0.3, 0.4) is 0 Å². The Kier molecular flexibility index (Phi) is 2.89. The molecule has 0 aliphatic carbocycles. The first kappa shape index (κ1) is 10.8. The summed E-state index contributed by atoms with van der Waals surface area (Å²) in [5.41, 5.74) is 5.70. The molecule has 4 nitrogen and oxygen atoms in total. The van der Waals surface area contributed by atoms with E-state index in [9.17, 15) is 0 Å². The van der Waals surface area contributed by atoms with Gasteiger partial charge in [-0.3, -0.25) is 4.90 Å². The Bertz CT molecular complexity index is 393. The van der Waals surface area contributed by atoms with Gasteiger partial charge in [-0.25, -0.2) is 4.98 Å². The lowest BCUT2D eigenvalue weighted by atomic mass is 9.99. The third-order valence-electron chi connectivity index (χ3n) is 3.96. The summed E-state index contributed by atoms with van der Waals surface area (Å²) in [5.74, 6) is 1.51. The number of pyridine rings is 1. The van der Waals surface area contributed by atoms with Crippen LogP contribution in [-0.2, 0) is 0 Å². The maximum absolute atomic E-state index is 5.70. The molecular weight excluding hydrogens is 212 g/mol. The molecule has 92 valence electrons. The largest absolute Gasteiger partial charge is 0.384 e. The van der Waals surface area contributed by atoms with Gasteiger partial charge in [-0.2, -0.15) is 0 Å². The van der Waals surface area contributed by atoms with Crippen molar-refractivity contribution >= 4 is 11.6 Å². The summed E-state index contributed by atoms with van der Waals surface area (Å²) in [4.78, 5) is 6.94. The van der Waals surface area contributed by atoms with E-state index in [4.69, 9.17) is 5.73 Å². The predicted octanol–water partition coefficient (Wildman–Crippen LogP) is 1.70. The standard InChI is InChI=1S/C13H20N4/c14-12-5-3-6-13(16-12)15-10-7-9-17-8-2-1-4-11(10)17/h3,5-6,10-11H,1-2,4,7-9H2,(H3,14,15,16). The van der Waals surface area contributed by atoms with Gasteiger partial charge in [0.15, 0.2) is 0 Å². The van der Waals surface area contributed by atoms with Gasteiger partial charge in [0.1, 0.15) is 11.6 Å². The van der Waals surface area contributed by atoms with Gasteiger partial charge in [0.2, 0.25) is 0 Å². The number of hydrogen-bond donors (Lipinski definition) is 2. The van der Waals surface area contributed by atoms with E-state index in [2.05, 4.69) is 15.2 Å². The first-order valence-corrected chi connectivity index (χ1v) is 6.56. The second-order valence-corrected chi connectivity index (χ2v) is 5.09. The van der Waals surface area contributed by atoms with Crippen LogP contribution in [0.4, 0.5) is 11.6 Å². The summed E-state index contributed by atoms with van der Waals surface area (Å²) in [7, 11) is 0. The fraction of sp³-hybridized carbons (Fsp3) is 0.615. The molecule has 0 radical (unpaired) electrons. The third-order valence-corrected chi connectivity index (χ3v) is 3.96. The van der Waals surface area contributed by atoms with Crippen LogP contribution in [0.5, 0.6) is 0 Å². The summed E-state index contributed by atoms with van der Waals surface area (Å²) in [6, 6.07) is 7.03. The van der Waals surface area contributed by atoms with Crippen molar-refractivity contribution in [2.24, 2.45) is 0 Å². The second kappa shape index (κ2) is 4.53. The number of fused-ring (bicyclic) bond motifs is 1. The number of nitrogen functional groups attached to an aromatic ring is 1. The number of nitrogens with one attached hydrogen (secondary N) is 1. The van der Waals surface area contributed by atoms with Crippen molar-refractivity contribution < 1.29 is 0 Å². The number of anilines is 2. The number of aromatic nitrogens is 1. The molecule has 1 aromatic heterocycles. The summed E-state index contributed by atoms with van der Waals surface area (Å²) < 4.78 is 0. The molecule has 1 aromatic rings. The minimum atomic E-state index is 0.546. The van der Waals surface area contributed by atoms with Crippen molar-refractivity contribution in [2.75, 3.05) is 24.1 Å². The van der Waals surface area contributed by atoms with Crippen LogP contribution < -0.4 is 11.1 Å². The van der Waals surface area contributed by atoms with Gasteiger partial charge in [-0.05, 0) is 37.9 Å². The Morgan fingerprint density at radius 1 is 1.24 bits per heavy atom. The Morgan fingerprint density at radius 3 is 3.06 bits per heavy atom. The van der Waals surface area contributed by atoms with E-state index < -0.39 is 0 Å². The van der Waals surface area contributed by atoms with E-state index in [-0.39, 0.29) is 0 Å². The Morgan fingerprint density at radius 2 is 2.18 bits per heavy atom. The first-order valence-electron chi connectivity index (χ1n) is 6.56. The Balaban J connectivity index is 1.69. The van der Waals surface area contributed by atoms with E-state index in [1.807, 2.05) is 18.2 Å². The van der Waals surface area contributed by atoms with Crippen LogP contribution in [0.2, 0.25) is 0 Å². The predicted molar refractivity (Wildman–Crippen MR) is 69.9 cm³/mol. The van der Waals surface area contributed by atoms with E-state index in [0.29, 0.717) is 17.9 Å². The topological polar surface area (TPSA) is 54.2 Å². The molecule has 2 atom stereocenters. The minimum absolute atomic E-state index is 0.546. The average molecular weight is 232 g/mol. The van der Waals surface area contributed by atoms with E-state index in [0.717, 1.165) is 5.82 Å². The van der Waals surface area contributed by atoms with Crippen LogP contribution in [0.1, 0.15) is 25.7 Å². The molecule has 3 rings (SSSR count). The van der Waals surface area contributed by atoms with Crippen molar-refractivity contribution in [2.45, 2.75) is 37.8 Å². The van der Waals surface area contributed by atoms with Crippen molar-refractivity contribution in [3.63, 3.8) is 0 Å². The normalized spacial score (nSPS) is 28.9. The molecule has 2 aliphatic rings. The lowest BCUT2D eigenvalue weighted by molar-refractivity contribution is 0.192. The number of piperidine rings is 1. The molecule has 0 amide bonds. The number of rotatable bonds is 2. The highest BCUT2D eigenvalue weighted by Gasteiger charge is 2.35. The first-order chi connectivity index (χ1) is 8.33. The number of hydrogen-bond acceptors (Lipinski definition) is 4. The average Bonchev–Trinajstić information content (AvgIpc) is 2.73. The van der Waals surface area contributed by atoms with Crippen LogP contribution in [0.25, 0.3) is 0 Å². The van der Waals surface area contributed by atoms with Crippen molar-refractivity contribution in [1.29, 1.82) is 0 Å². The SMILES string of the molecule is Nc1cccc(NC2CCN3CCCCC23)n1. The highest BCUT2D eigenvalue weighted by molar-refractivity contribution is 5.43. The molecule has 3 N–H and O–H groups in total. The molecule has 4 heteroatoms. The molecule has 0 spiro atoms. The maximum atomic E-state index is 5.70.